The summed E-state index contributed by atoms with van der Waals surface area (Å²) in [6, 6.07) is 10.7. The zero-order valence-electron chi connectivity index (χ0n) is 20.2. The molecule has 0 fully saturated rings. The van der Waals surface area contributed by atoms with Gasteiger partial charge in [-0.2, -0.15) is 13.2 Å². The van der Waals surface area contributed by atoms with Crippen molar-refractivity contribution in [1.29, 1.82) is 0 Å². The molecule has 31 heavy (non-hydrogen) atoms. The van der Waals surface area contributed by atoms with Gasteiger partial charge in [-0.25, -0.2) is 0 Å². The van der Waals surface area contributed by atoms with Crippen molar-refractivity contribution in [3.8, 4) is 0 Å². The van der Waals surface area contributed by atoms with Gasteiger partial charge in [0.1, 0.15) is 0 Å². The van der Waals surface area contributed by atoms with E-state index in [4.69, 9.17) is 0 Å². The van der Waals surface area contributed by atoms with Crippen molar-refractivity contribution in [3.05, 3.63) is 69.8 Å². The molecule has 2 aromatic carbocycles. The van der Waals surface area contributed by atoms with Crippen molar-refractivity contribution in [2.75, 3.05) is 27.2 Å². The van der Waals surface area contributed by atoms with Crippen LogP contribution in [-0.2, 0) is 32.1 Å². The Balaban J connectivity index is 0.000000272. The third-order valence-electron chi connectivity index (χ3n) is 5.43. The number of alkyl halides is 3. The fourth-order valence-corrected chi connectivity index (χ4v) is 3.81. The van der Waals surface area contributed by atoms with Crippen LogP contribution in [0, 0.1) is 6.92 Å². The van der Waals surface area contributed by atoms with Crippen LogP contribution in [0.5, 0.6) is 0 Å². The highest BCUT2D eigenvalue weighted by Crippen LogP contribution is 2.31. The van der Waals surface area contributed by atoms with Crippen molar-refractivity contribution in [3.63, 3.8) is 0 Å². The van der Waals surface area contributed by atoms with Crippen LogP contribution in [-0.4, -0.2) is 37.0 Å². The van der Waals surface area contributed by atoms with E-state index in [2.05, 4.69) is 42.0 Å². The lowest BCUT2D eigenvalue weighted by Gasteiger charge is -2.25. The molecule has 2 aliphatic rings. The Morgan fingerprint density at radius 1 is 0.742 bits per heavy atom. The molecule has 0 N–H and O–H groups in total. The average Bonchev–Trinajstić information content (AvgIpc) is 2.76. The molecule has 0 unspecified atom stereocenters. The summed E-state index contributed by atoms with van der Waals surface area (Å²) in [5.74, 6) is 0. The monoisotopic (exact) mass is 436 g/mol. The van der Waals surface area contributed by atoms with E-state index >= 15 is 0 Å². The maximum absolute atomic E-state index is 12.4. The molecule has 0 aliphatic carbocycles. The second kappa shape index (κ2) is 12.9. The van der Waals surface area contributed by atoms with Crippen molar-refractivity contribution in [2.45, 2.75) is 66.7 Å². The van der Waals surface area contributed by atoms with Gasteiger partial charge in [-0.3, -0.25) is 0 Å². The zero-order chi connectivity index (χ0) is 23.6. The molecule has 0 saturated heterocycles. The Hall–Kier alpha value is -1.85. The van der Waals surface area contributed by atoms with Crippen LogP contribution in [0.25, 0.3) is 0 Å². The fraction of sp³-hybridized carbons (Fsp3) is 0.538. The molecule has 2 nitrogen and oxygen atoms in total. The van der Waals surface area contributed by atoms with Crippen molar-refractivity contribution in [2.24, 2.45) is 0 Å². The molecular formula is C26H39F3N2. The predicted octanol–water partition coefficient (Wildman–Crippen LogP) is 6.73. The molecule has 0 aromatic heterocycles. The van der Waals surface area contributed by atoms with Crippen LogP contribution < -0.4 is 0 Å². The van der Waals surface area contributed by atoms with Gasteiger partial charge in [0.25, 0.3) is 0 Å². The predicted molar refractivity (Wildman–Crippen MR) is 125 cm³/mol. The molecule has 5 heteroatoms. The number of benzene rings is 2. The van der Waals surface area contributed by atoms with Crippen molar-refractivity contribution in [1.82, 2.24) is 9.80 Å². The smallest absolute Gasteiger partial charge is 0.302 e. The lowest BCUT2D eigenvalue weighted by Crippen LogP contribution is -2.26. The molecule has 174 valence electrons. The van der Waals surface area contributed by atoms with Crippen LogP contribution in [0.4, 0.5) is 13.2 Å². The number of nitrogens with zero attached hydrogens (tertiary/aromatic N) is 2. The molecule has 0 bridgehead atoms. The zero-order valence-corrected chi connectivity index (χ0v) is 20.2. The minimum Gasteiger partial charge on any atom is -0.302 e. The molecule has 2 aromatic rings. The quantitative estimate of drug-likeness (QED) is 0.452. The first-order chi connectivity index (χ1) is 14.7. The summed E-state index contributed by atoms with van der Waals surface area (Å²) in [7, 11) is 4.16. The molecule has 0 saturated carbocycles. The highest BCUT2D eigenvalue weighted by molar-refractivity contribution is 5.36. The van der Waals surface area contributed by atoms with E-state index in [-0.39, 0.29) is 0 Å². The number of hydrogen-bond donors (Lipinski definition) is 0. The summed E-state index contributed by atoms with van der Waals surface area (Å²) in [5.41, 5.74) is 5.87. The van der Waals surface area contributed by atoms with E-state index < -0.39 is 11.7 Å². The topological polar surface area (TPSA) is 6.48 Å². The Bertz CT molecular complexity index is 800. The van der Waals surface area contributed by atoms with Crippen LogP contribution >= 0.6 is 0 Å². The number of likely N-dealkylation sites (N-methyl/N-ethyl adjacent to an activating group) is 2. The molecule has 0 radical (unpaired) electrons. The molecule has 0 spiro atoms. The van der Waals surface area contributed by atoms with Gasteiger partial charge >= 0.3 is 6.18 Å². The summed E-state index contributed by atoms with van der Waals surface area (Å²) in [6.45, 7) is 14.1. The standard InChI is InChI=1S/C11H12F3N.C11H15N.2C2H6/c1-15-5-4-8-6-10(11(12,13)14)3-2-9(8)7-15;1-9-4-3-5-10-8-12(2)7-6-11(9)10;2*1-2/h2-3,6H,4-5,7H2,1H3;3-5H,6-8H2,1-2H3;2*1-2H3. The average molecular weight is 437 g/mol. The first-order valence-electron chi connectivity index (χ1n) is 11.4. The van der Waals surface area contributed by atoms with Crippen LogP contribution in [0.1, 0.15) is 61.1 Å². The van der Waals surface area contributed by atoms with Gasteiger partial charge in [0, 0.05) is 26.2 Å². The van der Waals surface area contributed by atoms with Gasteiger partial charge in [-0.05, 0) is 73.8 Å². The third kappa shape index (κ3) is 7.97. The highest BCUT2D eigenvalue weighted by Gasteiger charge is 2.31. The first-order valence-corrected chi connectivity index (χ1v) is 11.4. The van der Waals surface area contributed by atoms with Gasteiger partial charge < -0.3 is 9.80 Å². The molecular weight excluding hydrogens is 397 g/mol. The fourth-order valence-electron chi connectivity index (χ4n) is 3.81. The first kappa shape index (κ1) is 27.2. The van der Waals surface area contributed by atoms with Crippen molar-refractivity contribution < 1.29 is 13.2 Å². The van der Waals surface area contributed by atoms with Gasteiger partial charge in [-0.1, -0.05) is 52.0 Å². The summed E-state index contributed by atoms with van der Waals surface area (Å²) in [5, 5.41) is 0. The molecule has 2 heterocycles. The molecule has 4 rings (SSSR count). The molecule has 0 atom stereocenters. The molecule has 2 aliphatic heterocycles. The normalized spacial score (nSPS) is 15.7. The van der Waals surface area contributed by atoms with E-state index in [0.717, 1.165) is 36.8 Å². The Labute approximate surface area is 187 Å². The second-order valence-corrected chi connectivity index (χ2v) is 7.67. The number of aryl methyl sites for hydroxylation is 1. The number of hydrogen-bond acceptors (Lipinski definition) is 2. The lowest BCUT2D eigenvalue weighted by atomic mass is 9.96. The van der Waals surface area contributed by atoms with E-state index in [1.165, 1.54) is 30.2 Å². The number of halogens is 3. The summed E-state index contributed by atoms with van der Waals surface area (Å²) in [6.07, 6.45) is -2.30. The lowest BCUT2D eigenvalue weighted by molar-refractivity contribution is -0.137. The maximum Gasteiger partial charge on any atom is 0.416 e. The summed E-state index contributed by atoms with van der Waals surface area (Å²) in [4.78, 5) is 4.48. The van der Waals surface area contributed by atoms with Gasteiger partial charge in [0.15, 0.2) is 0 Å². The van der Waals surface area contributed by atoms with Crippen LogP contribution in [0.15, 0.2) is 36.4 Å². The van der Waals surface area contributed by atoms with Crippen LogP contribution in [0.3, 0.4) is 0 Å². The highest BCUT2D eigenvalue weighted by atomic mass is 19.4. The van der Waals surface area contributed by atoms with Gasteiger partial charge in [0.05, 0.1) is 5.56 Å². The number of fused-ring (bicyclic) bond motifs is 2. The minimum atomic E-state index is -4.22. The van der Waals surface area contributed by atoms with Crippen LogP contribution in [0.2, 0.25) is 0 Å². The SMILES string of the molecule is CC.CC.CN1CCc2cc(C(F)(F)F)ccc2C1.Cc1cccc2c1CCN(C)C2. The third-order valence-corrected chi connectivity index (χ3v) is 5.43. The van der Waals surface area contributed by atoms with E-state index in [1.54, 1.807) is 11.6 Å². The summed E-state index contributed by atoms with van der Waals surface area (Å²) >= 11 is 0. The largest absolute Gasteiger partial charge is 0.416 e. The van der Waals surface area contributed by atoms with E-state index in [0.29, 0.717) is 6.42 Å². The second-order valence-electron chi connectivity index (χ2n) is 7.67. The Kier molecular flexibility index (Phi) is 11.3. The Morgan fingerprint density at radius 2 is 1.32 bits per heavy atom. The van der Waals surface area contributed by atoms with Crippen molar-refractivity contribution >= 4 is 0 Å². The van der Waals surface area contributed by atoms with Gasteiger partial charge in [0.2, 0.25) is 0 Å². The summed E-state index contributed by atoms with van der Waals surface area (Å²) < 4.78 is 37.3. The Morgan fingerprint density at radius 3 is 1.94 bits per heavy atom. The van der Waals surface area contributed by atoms with E-state index in [9.17, 15) is 13.2 Å². The molecule has 0 amide bonds. The van der Waals surface area contributed by atoms with Gasteiger partial charge in [-0.15, -0.1) is 0 Å². The maximum atomic E-state index is 12.4. The minimum absolute atomic E-state index is 0.536. The number of rotatable bonds is 0. The van der Waals surface area contributed by atoms with E-state index in [1.807, 2.05) is 34.7 Å².